The molecule has 0 atom stereocenters. The summed E-state index contributed by atoms with van der Waals surface area (Å²) in [6.45, 7) is -0.117. The number of hydrogen-bond donors (Lipinski definition) is 2. The van der Waals surface area contributed by atoms with Crippen LogP contribution in [-0.2, 0) is 16.6 Å². The van der Waals surface area contributed by atoms with E-state index >= 15 is 0 Å². The van der Waals surface area contributed by atoms with Crippen molar-refractivity contribution in [2.24, 2.45) is 4.99 Å². The molecule has 0 fully saturated rings. The highest BCUT2D eigenvalue weighted by Crippen LogP contribution is 2.40. The first-order valence-electron chi connectivity index (χ1n) is 8.54. The van der Waals surface area contributed by atoms with Gasteiger partial charge in [0.1, 0.15) is 16.3 Å². The third-order valence-electron chi connectivity index (χ3n) is 4.06. The average molecular weight is 451 g/mol. The molecule has 0 radical (unpaired) electrons. The lowest BCUT2D eigenvalue weighted by molar-refractivity contribution is 0.443. The number of benzene rings is 2. The van der Waals surface area contributed by atoms with Gasteiger partial charge in [0.25, 0.3) is 10.0 Å². The number of sulfonamides is 1. The van der Waals surface area contributed by atoms with Crippen LogP contribution in [0.25, 0.3) is 0 Å². The molecule has 2 heterocycles. The molecule has 11 heteroatoms. The Morgan fingerprint density at radius 2 is 1.87 bits per heavy atom. The third-order valence-corrected chi connectivity index (χ3v) is 5.75. The Hall–Kier alpha value is -3.24. The molecule has 1 aromatic heterocycles. The topological polar surface area (TPSA) is 92.7 Å². The lowest BCUT2D eigenvalue weighted by Crippen LogP contribution is -2.41. The molecule has 0 spiro atoms. The Kier molecular flexibility index (Phi) is 5.27. The Bertz CT molecular complexity index is 1270. The number of nitrogens with one attached hydrogen (secondary N) is 2. The number of pyridine rings is 1. The summed E-state index contributed by atoms with van der Waals surface area (Å²) in [5, 5.41) is 2.94. The monoisotopic (exact) mass is 450 g/mol. The summed E-state index contributed by atoms with van der Waals surface area (Å²) in [5.41, 5.74) is 0.140. The van der Waals surface area contributed by atoms with Crippen LogP contribution in [0.4, 0.5) is 14.5 Å². The van der Waals surface area contributed by atoms with Gasteiger partial charge in [-0.15, -0.1) is 0 Å². The second-order valence-electron chi connectivity index (χ2n) is 6.13. The second kappa shape index (κ2) is 7.88. The van der Waals surface area contributed by atoms with Crippen LogP contribution in [-0.4, -0.2) is 19.4 Å². The van der Waals surface area contributed by atoms with Crippen LogP contribution in [0.1, 0.15) is 5.69 Å². The molecule has 0 amide bonds. The third kappa shape index (κ3) is 4.05. The molecule has 7 nitrogen and oxygen atoms in total. The fourth-order valence-corrected chi connectivity index (χ4v) is 4.03. The van der Waals surface area contributed by atoms with E-state index in [1.165, 1.54) is 24.3 Å². The van der Waals surface area contributed by atoms with Gasteiger partial charge in [-0.1, -0.05) is 29.8 Å². The number of hydrogen-bond acceptors (Lipinski definition) is 5. The zero-order chi connectivity index (χ0) is 21.3. The molecule has 0 saturated heterocycles. The predicted molar refractivity (Wildman–Crippen MR) is 107 cm³/mol. The molecule has 0 bridgehead atoms. The number of anilines is 1. The van der Waals surface area contributed by atoms with Gasteiger partial charge in [-0.2, -0.15) is 4.39 Å². The smallest absolute Gasteiger partial charge is 0.266 e. The Morgan fingerprint density at radius 1 is 1.07 bits per heavy atom. The number of aliphatic imine (C=N–C) groups is 1. The lowest BCUT2D eigenvalue weighted by atomic mass is 10.2. The first-order valence-corrected chi connectivity index (χ1v) is 10.4. The van der Waals surface area contributed by atoms with Crippen molar-refractivity contribution in [3.05, 3.63) is 77.1 Å². The second-order valence-corrected chi connectivity index (χ2v) is 8.19. The summed E-state index contributed by atoms with van der Waals surface area (Å²) in [7, 11) is -4.06. The van der Waals surface area contributed by atoms with Crippen LogP contribution in [0.3, 0.4) is 0 Å². The molecular formula is C19H13ClF2N4O3S. The van der Waals surface area contributed by atoms with E-state index in [1.807, 2.05) is 0 Å². The first-order chi connectivity index (χ1) is 14.3. The summed E-state index contributed by atoms with van der Waals surface area (Å²) in [4.78, 5) is 7.50. The summed E-state index contributed by atoms with van der Waals surface area (Å²) >= 11 is 6.06. The van der Waals surface area contributed by atoms with Gasteiger partial charge in [0.05, 0.1) is 17.3 Å². The maximum atomic E-state index is 14.6. The van der Waals surface area contributed by atoms with Gasteiger partial charge in [-0.3, -0.25) is 0 Å². The predicted octanol–water partition coefficient (Wildman–Crippen LogP) is 4.07. The van der Waals surface area contributed by atoms with Gasteiger partial charge >= 0.3 is 0 Å². The number of guanidine groups is 1. The van der Waals surface area contributed by atoms with E-state index in [0.29, 0.717) is 0 Å². The highest BCUT2D eigenvalue weighted by Gasteiger charge is 2.31. The molecule has 154 valence electrons. The van der Waals surface area contributed by atoms with E-state index in [-0.39, 0.29) is 45.3 Å². The van der Waals surface area contributed by atoms with Gasteiger partial charge in [-0.05, 0) is 36.4 Å². The molecule has 1 aliphatic heterocycles. The molecule has 1 aliphatic rings. The maximum Gasteiger partial charge on any atom is 0.266 e. The number of rotatable bonds is 4. The van der Waals surface area contributed by atoms with Crippen molar-refractivity contribution < 1.29 is 21.9 Å². The highest BCUT2D eigenvalue weighted by atomic mass is 35.5. The SMILES string of the molecule is O=S1(=O)NC(=NCc2cccc(F)n2)Nc2c1ccc(F)c2Oc1ccccc1Cl. The van der Waals surface area contributed by atoms with Crippen LogP contribution >= 0.6 is 11.6 Å². The average Bonchev–Trinajstić information content (AvgIpc) is 2.69. The Labute approximate surface area is 175 Å². The number of aromatic nitrogens is 1. The van der Waals surface area contributed by atoms with Gasteiger partial charge < -0.3 is 10.1 Å². The summed E-state index contributed by atoms with van der Waals surface area (Å²) in [5.74, 6) is -1.89. The van der Waals surface area contributed by atoms with Crippen molar-refractivity contribution in [2.45, 2.75) is 11.4 Å². The summed E-state index contributed by atoms with van der Waals surface area (Å²) in [6.07, 6.45) is 0. The maximum absolute atomic E-state index is 14.6. The molecule has 0 unspecified atom stereocenters. The van der Waals surface area contributed by atoms with E-state index in [4.69, 9.17) is 16.3 Å². The van der Waals surface area contributed by atoms with E-state index in [1.54, 1.807) is 18.2 Å². The summed E-state index contributed by atoms with van der Waals surface area (Å²) in [6, 6.07) is 12.6. The Balaban J connectivity index is 1.72. The van der Waals surface area contributed by atoms with Crippen molar-refractivity contribution in [1.29, 1.82) is 0 Å². The fraction of sp³-hybridized carbons (Fsp3) is 0.0526. The molecule has 2 N–H and O–H groups in total. The fourth-order valence-electron chi connectivity index (χ4n) is 2.72. The van der Waals surface area contributed by atoms with Crippen molar-refractivity contribution in [3.63, 3.8) is 0 Å². The van der Waals surface area contributed by atoms with Crippen molar-refractivity contribution in [1.82, 2.24) is 9.71 Å². The minimum atomic E-state index is -4.06. The zero-order valence-electron chi connectivity index (χ0n) is 15.1. The number of halogens is 3. The largest absolute Gasteiger partial charge is 0.450 e. The molecule has 3 aromatic rings. The van der Waals surface area contributed by atoms with Crippen LogP contribution in [0, 0.1) is 11.8 Å². The first kappa shape index (κ1) is 20.0. The minimum Gasteiger partial charge on any atom is -0.450 e. The molecule has 0 saturated carbocycles. The van der Waals surface area contributed by atoms with Crippen LogP contribution in [0.2, 0.25) is 5.02 Å². The number of nitrogens with zero attached hydrogens (tertiary/aromatic N) is 2. The molecule has 30 heavy (non-hydrogen) atoms. The van der Waals surface area contributed by atoms with E-state index < -0.39 is 21.8 Å². The zero-order valence-corrected chi connectivity index (χ0v) is 16.6. The standard InChI is InChI=1S/C19H13ClF2N4O3S/c20-12-5-1-2-6-14(12)29-18-13(21)8-9-15-17(18)25-19(26-30(15,27)28)23-10-11-4-3-7-16(22)24-11/h1-9H,10H2,(H2,23,25,26). The van der Waals surface area contributed by atoms with Gasteiger partial charge in [0.15, 0.2) is 11.6 Å². The van der Waals surface area contributed by atoms with Crippen molar-refractivity contribution in [3.8, 4) is 11.5 Å². The molecular weight excluding hydrogens is 438 g/mol. The van der Waals surface area contributed by atoms with Gasteiger partial charge in [0.2, 0.25) is 11.9 Å². The van der Waals surface area contributed by atoms with Gasteiger partial charge in [-0.25, -0.2) is 27.5 Å². The number of fused-ring (bicyclic) bond motifs is 1. The quantitative estimate of drug-likeness (QED) is 0.585. The van der Waals surface area contributed by atoms with Crippen LogP contribution < -0.4 is 14.8 Å². The number of ether oxygens (including phenoxy) is 1. The van der Waals surface area contributed by atoms with E-state index in [2.05, 4.69) is 20.0 Å². The van der Waals surface area contributed by atoms with E-state index in [9.17, 15) is 17.2 Å². The molecule has 2 aromatic carbocycles. The molecule has 0 aliphatic carbocycles. The van der Waals surface area contributed by atoms with Crippen LogP contribution in [0.15, 0.2) is 64.5 Å². The number of para-hydroxylation sites is 1. The lowest BCUT2D eigenvalue weighted by Gasteiger charge is -2.24. The van der Waals surface area contributed by atoms with Crippen LogP contribution in [0.5, 0.6) is 11.5 Å². The van der Waals surface area contributed by atoms with Gasteiger partial charge in [0, 0.05) is 0 Å². The van der Waals surface area contributed by atoms with E-state index in [0.717, 1.165) is 12.1 Å². The highest BCUT2D eigenvalue weighted by molar-refractivity contribution is 7.90. The van der Waals surface area contributed by atoms with Crippen molar-refractivity contribution in [2.75, 3.05) is 5.32 Å². The minimum absolute atomic E-state index is 0.117. The summed E-state index contributed by atoms with van der Waals surface area (Å²) < 4.78 is 60.8. The Morgan fingerprint density at radius 3 is 2.63 bits per heavy atom. The molecule has 4 rings (SSSR count). The van der Waals surface area contributed by atoms with Crippen molar-refractivity contribution >= 4 is 33.3 Å². The normalized spacial score (nSPS) is 15.8.